The Bertz CT molecular complexity index is 1090. The van der Waals surface area contributed by atoms with Crippen LogP contribution >= 0.6 is 11.3 Å². The standard InChI is InChI=1S/C24H25FN4OS/c1-16-19(15-18-5-2-3-6-20(18)25)23(27-22(26-16)17-8-9-17)28-10-12-29(13-11-28)24(30)21-7-4-14-31-21/h2-7,14,17H,8-13,15H2,1H3. The Labute approximate surface area is 185 Å². The van der Waals surface area contributed by atoms with E-state index in [1.165, 1.54) is 17.4 Å². The van der Waals surface area contributed by atoms with Crippen LogP contribution in [-0.4, -0.2) is 47.0 Å². The van der Waals surface area contributed by atoms with Crippen LogP contribution in [0.25, 0.3) is 0 Å². The molecule has 2 fully saturated rings. The number of aryl methyl sites for hydroxylation is 1. The highest BCUT2D eigenvalue weighted by molar-refractivity contribution is 7.12. The van der Waals surface area contributed by atoms with Crippen LogP contribution in [0.15, 0.2) is 41.8 Å². The van der Waals surface area contributed by atoms with E-state index in [-0.39, 0.29) is 11.7 Å². The molecule has 1 aliphatic carbocycles. The van der Waals surface area contributed by atoms with E-state index in [2.05, 4.69) is 4.90 Å². The Balaban J connectivity index is 1.41. The van der Waals surface area contributed by atoms with Gasteiger partial charge in [0.1, 0.15) is 17.5 Å². The molecule has 1 saturated heterocycles. The van der Waals surface area contributed by atoms with Gasteiger partial charge in [-0.3, -0.25) is 4.79 Å². The molecular formula is C24H25FN4OS. The number of amides is 1. The topological polar surface area (TPSA) is 49.3 Å². The van der Waals surface area contributed by atoms with Crippen molar-refractivity contribution >= 4 is 23.1 Å². The predicted molar refractivity (Wildman–Crippen MR) is 120 cm³/mol. The number of rotatable bonds is 5. The Hall–Kier alpha value is -2.80. The van der Waals surface area contributed by atoms with E-state index in [0.717, 1.165) is 40.6 Å². The zero-order chi connectivity index (χ0) is 21.4. The zero-order valence-electron chi connectivity index (χ0n) is 17.6. The van der Waals surface area contributed by atoms with E-state index in [0.29, 0.717) is 44.1 Å². The average molecular weight is 437 g/mol. The van der Waals surface area contributed by atoms with Gasteiger partial charge in [-0.2, -0.15) is 0 Å². The van der Waals surface area contributed by atoms with Crippen LogP contribution in [0.3, 0.4) is 0 Å². The quantitative estimate of drug-likeness (QED) is 0.594. The van der Waals surface area contributed by atoms with Crippen LogP contribution in [0, 0.1) is 12.7 Å². The summed E-state index contributed by atoms with van der Waals surface area (Å²) in [7, 11) is 0. The lowest BCUT2D eigenvalue weighted by molar-refractivity contribution is 0.0751. The lowest BCUT2D eigenvalue weighted by Gasteiger charge is -2.36. The molecule has 0 atom stereocenters. The molecule has 0 unspecified atom stereocenters. The summed E-state index contributed by atoms with van der Waals surface area (Å²) in [4.78, 5) is 27.4. The second kappa shape index (κ2) is 8.38. The molecule has 3 aromatic rings. The van der Waals surface area contributed by atoms with Crippen LogP contribution in [0.2, 0.25) is 0 Å². The largest absolute Gasteiger partial charge is 0.353 e. The molecule has 0 N–H and O–H groups in total. The molecular weight excluding hydrogens is 411 g/mol. The number of piperazine rings is 1. The summed E-state index contributed by atoms with van der Waals surface area (Å²) in [5.41, 5.74) is 2.56. The molecule has 31 heavy (non-hydrogen) atoms. The minimum absolute atomic E-state index is 0.0961. The molecule has 2 aliphatic rings. The number of halogens is 1. The van der Waals surface area contributed by atoms with E-state index in [9.17, 15) is 9.18 Å². The molecule has 1 aromatic carbocycles. The molecule has 5 rings (SSSR count). The van der Waals surface area contributed by atoms with Crippen molar-refractivity contribution in [2.45, 2.75) is 32.1 Å². The van der Waals surface area contributed by atoms with Gasteiger partial charge >= 0.3 is 0 Å². The lowest BCUT2D eigenvalue weighted by atomic mass is 10.0. The number of thiophene rings is 1. The van der Waals surface area contributed by atoms with Crippen LogP contribution in [-0.2, 0) is 6.42 Å². The molecule has 0 radical (unpaired) electrons. The van der Waals surface area contributed by atoms with E-state index >= 15 is 0 Å². The van der Waals surface area contributed by atoms with Gasteiger partial charge in [0.05, 0.1) is 4.88 Å². The molecule has 2 aromatic heterocycles. The molecule has 7 heteroatoms. The molecule has 0 spiro atoms. The number of aromatic nitrogens is 2. The van der Waals surface area contributed by atoms with Gasteiger partial charge in [-0.1, -0.05) is 24.3 Å². The minimum atomic E-state index is -0.203. The van der Waals surface area contributed by atoms with Gasteiger partial charge in [-0.25, -0.2) is 14.4 Å². The first-order valence-corrected chi connectivity index (χ1v) is 11.7. The molecule has 1 amide bonds. The van der Waals surface area contributed by atoms with E-state index in [4.69, 9.17) is 9.97 Å². The zero-order valence-corrected chi connectivity index (χ0v) is 18.4. The SMILES string of the molecule is Cc1nc(C2CC2)nc(N2CCN(C(=O)c3cccs3)CC2)c1Cc1ccccc1F. The van der Waals surface area contributed by atoms with Crippen LogP contribution in [0.4, 0.5) is 10.2 Å². The fraction of sp³-hybridized carbons (Fsp3) is 0.375. The summed E-state index contributed by atoms with van der Waals surface area (Å²) >= 11 is 1.48. The summed E-state index contributed by atoms with van der Waals surface area (Å²) in [6.07, 6.45) is 2.73. The molecule has 1 saturated carbocycles. The van der Waals surface area contributed by atoms with Crippen molar-refractivity contribution in [3.8, 4) is 0 Å². The number of benzene rings is 1. The van der Waals surface area contributed by atoms with Gasteiger partial charge in [0.2, 0.25) is 0 Å². The normalized spacial score (nSPS) is 16.6. The van der Waals surface area contributed by atoms with Crippen LogP contribution in [0.1, 0.15) is 51.1 Å². The molecule has 5 nitrogen and oxygen atoms in total. The van der Waals surface area contributed by atoms with Gasteiger partial charge in [0.25, 0.3) is 5.91 Å². The lowest BCUT2D eigenvalue weighted by Crippen LogP contribution is -2.49. The number of nitrogens with zero attached hydrogens (tertiary/aromatic N) is 4. The molecule has 160 valence electrons. The number of carbonyl (C=O) groups is 1. The van der Waals surface area contributed by atoms with Crippen molar-refractivity contribution in [2.75, 3.05) is 31.1 Å². The monoisotopic (exact) mass is 436 g/mol. The maximum absolute atomic E-state index is 14.4. The Morgan fingerprint density at radius 2 is 1.87 bits per heavy atom. The Morgan fingerprint density at radius 1 is 1.10 bits per heavy atom. The van der Waals surface area contributed by atoms with Crippen molar-refractivity contribution < 1.29 is 9.18 Å². The highest BCUT2D eigenvalue weighted by Gasteiger charge is 2.31. The van der Waals surface area contributed by atoms with Crippen LogP contribution < -0.4 is 4.90 Å². The smallest absolute Gasteiger partial charge is 0.264 e. The maximum Gasteiger partial charge on any atom is 0.264 e. The molecule has 1 aliphatic heterocycles. The van der Waals surface area contributed by atoms with Crippen LogP contribution in [0.5, 0.6) is 0 Å². The fourth-order valence-corrected chi connectivity index (χ4v) is 4.80. The van der Waals surface area contributed by atoms with Crippen molar-refractivity contribution in [1.29, 1.82) is 0 Å². The van der Waals surface area contributed by atoms with E-state index in [1.807, 2.05) is 41.5 Å². The average Bonchev–Trinajstić information content (AvgIpc) is 3.50. The second-order valence-corrected chi connectivity index (χ2v) is 9.22. The maximum atomic E-state index is 14.4. The molecule has 0 bridgehead atoms. The third-order valence-corrected chi connectivity index (χ3v) is 6.93. The number of hydrogen-bond donors (Lipinski definition) is 0. The number of anilines is 1. The predicted octanol–water partition coefficient (Wildman–Crippen LogP) is 4.42. The minimum Gasteiger partial charge on any atom is -0.353 e. The van der Waals surface area contributed by atoms with E-state index < -0.39 is 0 Å². The van der Waals surface area contributed by atoms with Gasteiger partial charge in [0.15, 0.2) is 0 Å². The van der Waals surface area contributed by atoms with Crippen molar-refractivity contribution in [3.05, 3.63) is 75.1 Å². The van der Waals surface area contributed by atoms with Crippen molar-refractivity contribution in [3.63, 3.8) is 0 Å². The second-order valence-electron chi connectivity index (χ2n) is 8.27. The first-order valence-electron chi connectivity index (χ1n) is 10.8. The van der Waals surface area contributed by atoms with Crippen molar-refractivity contribution in [2.24, 2.45) is 0 Å². The number of carbonyl (C=O) groups excluding carboxylic acids is 1. The third kappa shape index (κ3) is 4.19. The summed E-state index contributed by atoms with van der Waals surface area (Å²) in [5, 5.41) is 1.93. The van der Waals surface area contributed by atoms with Crippen molar-refractivity contribution in [1.82, 2.24) is 14.9 Å². The highest BCUT2D eigenvalue weighted by atomic mass is 32.1. The summed E-state index contributed by atoms with van der Waals surface area (Å²) in [6, 6.07) is 10.7. The fourth-order valence-electron chi connectivity index (χ4n) is 4.10. The first-order chi connectivity index (χ1) is 15.1. The van der Waals surface area contributed by atoms with Gasteiger partial charge in [-0.05, 0) is 42.8 Å². The first kappa shape index (κ1) is 20.1. The van der Waals surface area contributed by atoms with E-state index in [1.54, 1.807) is 6.07 Å². The highest BCUT2D eigenvalue weighted by Crippen LogP contribution is 2.39. The molecule has 3 heterocycles. The Morgan fingerprint density at radius 3 is 2.55 bits per heavy atom. The van der Waals surface area contributed by atoms with Gasteiger partial charge < -0.3 is 9.80 Å². The summed E-state index contributed by atoms with van der Waals surface area (Å²) in [6.45, 7) is 4.73. The third-order valence-electron chi connectivity index (χ3n) is 6.08. The Kier molecular flexibility index (Phi) is 5.44. The van der Waals surface area contributed by atoms with Gasteiger partial charge in [-0.15, -0.1) is 11.3 Å². The summed E-state index contributed by atoms with van der Waals surface area (Å²) < 4.78 is 14.4. The number of hydrogen-bond acceptors (Lipinski definition) is 5. The summed E-state index contributed by atoms with van der Waals surface area (Å²) in [5.74, 6) is 2.15. The van der Waals surface area contributed by atoms with Gasteiger partial charge in [0, 0.05) is 49.8 Å².